The summed E-state index contributed by atoms with van der Waals surface area (Å²) >= 11 is 3.23. The van der Waals surface area contributed by atoms with Gasteiger partial charge in [0.1, 0.15) is 17.3 Å². The zero-order valence-electron chi connectivity index (χ0n) is 11.3. The van der Waals surface area contributed by atoms with Crippen LogP contribution in [-0.2, 0) is 5.33 Å². The first kappa shape index (κ1) is 14.7. The molecule has 1 atom stereocenters. The van der Waals surface area contributed by atoms with Crippen LogP contribution in [0.2, 0.25) is 0 Å². The van der Waals surface area contributed by atoms with Crippen LogP contribution in [0.15, 0.2) is 12.1 Å². The summed E-state index contributed by atoms with van der Waals surface area (Å²) in [4.78, 5) is 4.06. The van der Waals surface area contributed by atoms with Crippen molar-refractivity contribution in [3.05, 3.63) is 29.3 Å². The Hall–Kier alpha value is -0.680. The molecule has 19 heavy (non-hydrogen) atoms. The molecule has 1 aromatic carbocycles. The van der Waals surface area contributed by atoms with Gasteiger partial charge in [-0.3, -0.25) is 0 Å². The third-order valence-corrected chi connectivity index (χ3v) is 4.21. The molecule has 0 saturated carbocycles. The van der Waals surface area contributed by atoms with Gasteiger partial charge < -0.3 is 9.80 Å². The minimum absolute atomic E-state index is 0.103. The Morgan fingerprint density at radius 1 is 1.26 bits per heavy atom. The number of halogens is 3. The van der Waals surface area contributed by atoms with Gasteiger partial charge in [-0.2, -0.15) is 0 Å². The van der Waals surface area contributed by atoms with Crippen molar-refractivity contribution in [2.24, 2.45) is 0 Å². The van der Waals surface area contributed by atoms with E-state index in [9.17, 15) is 8.78 Å². The van der Waals surface area contributed by atoms with Crippen LogP contribution in [0.1, 0.15) is 18.9 Å². The van der Waals surface area contributed by atoms with Gasteiger partial charge in [-0.25, -0.2) is 8.78 Å². The topological polar surface area (TPSA) is 6.48 Å². The number of likely N-dealkylation sites (N-methyl/N-ethyl adjacent to an activating group) is 1. The maximum atomic E-state index is 14.2. The molecule has 0 spiro atoms. The minimum atomic E-state index is -0.467. The van der Waals surface area contributed by atoms with Crippen LogP contribution in [0.4, 0.5) is 14.5 Å². The summed E-state index contributed by atoms with van der Waals surface area (Å²) in [5.41, 5.74) is 0.742. The maximum Gasteiger partial charge on any atom is 0.149 e. The van der Waals surface area contributed by atoms with Gasteiger partial charge in [0.2, 0.25) is 0 Å². The van der Waals surface area contributed by atoms with Crippen LogP contribution in [0.25, 0.3) is 0 Å². The number of hydrogen-bond acceptors (Lipinski definition) is 2. The molecule has 1 fully saturated rings. The maximum absolute atomic E-state index is 14.2. The smallest absolute Gasteiger partial charge is 0.149 e. The molecule has 0 aliphatic carbocycles. The Balaban J connectivity index is 2.35. The Morgan fingerprint density at radius 2 is 1.89 bits per heavy atom. The summed E-state index contributed by atoms with van der Waals surface area (Å²) in [7, 11) is 2.04. The lowest BCUT2D eigenvalue weighted by molar-refractivity contribution is 0.336. The number of alkyl halides is 1. The fourth-order valence-electron chi connectivity index (χ4n) is 2.67. The normalized spacial score (nSPS) is 21.5. The van der Waals surface area contributed by atoms with Crippen molar-refractivity contribution in [1.29, 1.82) is 0 Å². The van der Waals surface area contributed by atoms with Crippen molar-refractivity contribution in [2.45, 2.75) is 24.7 Å². The van der Waals surface area contributed by atoms with Crippen LogP contribution in [0.3, 0.4) is 0 Å². The van der Waals surface area contributed by atoms with Gasteiger partial charge in [0, 0.05) is 24.5 Å². The second kappa shape index (κ2) is 6.18. The highest BCUT2D eigenvalue weighted by Crippen LogP contribution is 2.28. The average Bonchev–Trinajstić information content (AvgIpc) is 2.50. The SMILES string of the molecule is CC1CN(C)CCCN1c1c(F)cc(CBr)cc1F. The van der Waals surface area contributed by atoms with Gasteiger partial charge in [0.05, 0.1) is 0 Å². The van der Waals surface area contributed by atoms with Crippen molar-refractivity contribution in [3.8, 4) is 0 Å². The molecule has 2 nitrogen and oxygen atoms in total. The van der Waals surface area contributed by atoms with Crippen LogP contribution in [-0.4, -0.2) is 37.6 Å². The lowest BCUT2D eigenvalue weighted by atomic mass is 10.1. The van der Waals surface area contributed by atoms with E-state index in [-0.39, 0.29) is 11.7 Å². The highest BCUT2D eigenvalue weighted by molar-refractivity contribution is 9.08. The molecule has 2 rings (SSSR count). The molecular formula is C14H19BrF2N2. The number of hydrogen-bond donors (Lipinski definition) is 0. The lowest BCUT2D eigenvalue weighted by Crippen LogP contribution is -2.39. The molecule has 106 valence electrons. The molecule has 0 amide bonds. The standard InChI is InChI=1S/C14H19BrF2N2/c1-10-9-18(2)4-3-5-19(10)14-12(16)6-11(8-15)7-13(14)17/h6-7,10H,3-5,8-9H2,1-2H3. The molecule has 1 aromatic rings. The van der Waals surface area contributed by atoms with E-state index < -0.39 is 11.6 Å². The highest BCUT2D eigenvalue weighted by Gasteiger charge is 2.25. The van der Waals surface area contributed by atoms with Gasteiger partial charge in [0.15, 0.2) is 0 Å². The largest absolute Gasteiger partial charge is 0.363 e. The van der Waals surface area contributed by atoms with Gasteiger partial charge in [-0.15, -0.1) is 0 Å². The van der Waals surface area contributed by atoms with Crippen molar-refractivity contribution in [3.63, 3.8) is 0 Å². The second-order valence-corrected chi connectivity index (χ2v) is 5.76. The van der Waals surface area contributed by atoms with Gasteiger partial charge in [0.25, 0.3) is 0 Å². The third-order valence-electron chi connectivity index (χ3n) is 3.57. The molecule has 1 aliphatic rings. The van der Waals surface area contributed by atoms with E-state index in [0.29, 0.717) is 17.4 Å². The van der Waals surface area contributed by atoms with E-state index in [1.165, 1.54) is 12.1 Å². The van der Waals surface area contributed by atoms with Crippen LogP contribution < -0.4 is 4.90 Å². The number of benzene rings is 1. The average molecular weight is 333 g/mol. The summed E-state index contributed by atoms with van der Waals surface area (Å²) in [5.74, 6) is -0.934. The first-order valence-electron chi connectivity index (χ1n) is 6.52. The van der Waals surface area contributed by atoms with Crippen LogP contribution in [0.5, 0.6) is 0 Å². The summed E-state index contributed by atoms with van der Waals surface area (Å²) < 4.78 is 28.3. The van der Waals surface area contributed by atoms with E-state index in [1.807, 2.05) is 18.9 Å². The molecule has 0 aromatic heterocycles. The fourth-order valence-corrected chi connectivity index (χ4v) is 3.00. The van der Waals surface area contributed by atoms with Crippen molar-refractivity contribution < 1.29 is 8.78 Å². The molecule has 1 saturated heterocycles. The summed E-state index contributed by atoms with van der Waals surface area (Å²) in [6, 6.07) is 2.93. The zero-order valence-corrected chi connectivity index (χ0v) is 12.9. The molecule has 1 heterocycles. The monoisotopic (exact) mass is 332 g/mol. The summed E-state index contributed by atoms with van der Waals surface area (Å²) in [5, 5.41) is 0.458. The van der Waals surface area contributed by atoms with Crippen LogP contribution in [0, 0.1) is 11.6 Å². The Bertz CT molecular complexity index is 430. The molecule has 5 heteroatoms. The lowest BCUT2D eigenvalue weighted by Gasteiger charge is -2.30. The van der Waals surface area contributed by atoms with E-state index in [1.54, 1.807) is 0 Å². The number of anilines is 1. The van der Waals surface area contributed by atoms with Crippen molar-refractivity contribution in [1.82, 2.24) is 4.90 Å². The quantitative estimate of drug-likeness (QED) is 0.766. The van der Waals surface area contributed by atoms with E-state index in [0.717, 1.165) is 19.5 Å². The summed E-state index contributed by atoms with van der Waals surface area (Å²) in [6.07, 6.45) is 0.917. The molecule has 0 bridgehead atoms. The fraction of sp³-hybridized carbons (Fsp3) is 0.571. The predicted molar refractivity (Wildman–Crippen MR) is 77.9 cm³/mol. The molecule has 0 radical (unpaired) electrons. The molecular weight excluding hydrogens is 314 g/mol. The second-order valence-electron chi connectivity index (χ2n) is 5.20. The highest BCUT2D eigenvalue weighted by atomic mass is 79.9. The molecule has 0 N–H and O–H groups in total. The van der Waals surface area contributed by atoms with E-state index in [2.05, 4.69) is 20.8 Å². The van der Waals surface area contributed by atoms with Gasteiger partial charge in [-0.1, -0.05) is 15.9 Å². The Morgan fingerprint density at radius 3 is 2.47 bits per heavy atom. The first-order chi connectivity index (χ1) is 9.02. The van der Waals surface area contributed by atoms with E-state index in [4.69, 9.17) is 0 Å². The third kappa shape index (κ3) is 3.26. The number of nitrogens with zero attached hydrogens (tertiary/aromatic N) is 2. The van der Waals surface area contributed by atoms with Gasteiger partial charge >= 0.3 is 0 Å². The molecule has 1 unspecified atom stereocenters. The summed E-state index contributed by atoms with van der Waals surface area (Å²) in [6.45, 7) is 4.48. The van der Waals surface area contributed by atoms with Crippen LogP contribution >= 0.6 is 15.9 Å². The Labute approximate surface area is 121 Å². The minimum Gasteiger partial charge on any atom is -0.363 e. The van der Waals surface area contributed by atoms with Gasteiger partial charge in [-0.05, 0) is 44.6 Å². The number of rotatable bonds is 2. The zero-order chi connectivity index (χ0) is 14.0. The Kier molecular flexibility index (Phi) is 4.79. The van der Waals surface area contributed by atoms with E-state index >= 15 is 0 Å². The van der Waals surface area contributed by atoms with Crippen molar-refractivity contribution in [2.75, 3.05) is 31.6 Å². The predicted octanol–water partition coefficient (Wildman–Crippen LogP) is 3.39. The van der Waals surface area contributed by atoms with Crippen molar-refractivity contribution >= 4 is 21.6 Å². The first-order valence-corrected chi connectivity index (χ1v) is 7.64. The molecule has 1 aliphatic heterocycles.